The second kappa shape index (κ2) is 5.83. The van der Waals surface area contributed by atoms with Crippen LogP contribution in [-0.2, 0) is 19.6 Å². The van der Waals surface area contributed by atoms with E-state index in [0.717, 1.165) is 11.8 Å². The minimum absolute atomic E-state index is 0.0764. The number of hydrogen-bond donors (Lipinski definition) is 1. The zero-order chi connectivity index (χ0) is 13.8. The molecule has 0 unspecified atom stereocenters. The fourth-order valence-electron chi connectivity index (χ4n) is 1.29. The summed E-state index contributed by atoms with van der Waals surface area (Å²) in [6.07, 6.45) is 0.938. The minimum Gasteiger partial charge on any atom is -0.380 e. The van der Waals surface area contributed by atoms with Crippen LogP contribution >= 0.6 is 0 Å². The quantitative estimate of drug-likeness (QED) is 0.807. The number of ether oxygens (including phenoxy) is 1. The van der Waals surface area contributed by atoms with Gasteiger partial charge in [0, 0.05) is 7.11 Å². The summed E-state index contributed by atoms with van der Waals surface area (Å²) in [6, 6.07) is 4.79. The van der Waals surface area contributed by atoms with Crippen molar-refractivity contribution in [2.75, 3.05) is 25.3 Å². The van der Waals surface area contributed by atoms with Crippen LogP contribution in [0.2, 0.25) is 0 Å². The number of carbonyl (C=O) groups is 1. The number of carbonyl (C=O) groups excluding carboxylic acids is 1. The Bertz CT molecular complexity index is 538. The summed E-state index contributed by atoms with van der Waals surface area (Å²) >= 11 is 0. The van der Waals surface area contributed by atoms with Crippen LogP contribution in [0.5, 0.6) is 5.75 Å². The first-order valence-electron chi connectivity index (χ1n) is 5.11. The molecule has 0 radical (unpaired) electrons. The maximum Gasteiger partial charge on any atom is 0.306 e. The molecule has 0 aliphatic heterocycles. The van der Waals surface area contributed by atoms with Crippen LogP contribution in [0.25, 0.3) is 0 Å². The molecule has 6 nitrogen and oxygen atoms in total. The lowest BCUT2D eigenvalue weighted by molar-refractivity contribution is -0.119. The van der Waals surface area contributed by atoms with E-state index < -0.39 is 10.1 Å². The molecule has 0 saturated carbocycles. The molecule has 0 heterocycles. The highest BCUT2D eigenvalue weighted by Gasteiger charge is 2.12. The van der Waals surface area contributed by atoms with E-state index in [2.05, 4.69) is 10.1 Å². The summed E-state index contributed by atoms with van der Waals surface area (Å²) in [4.78, 5) is 11.4. The molecule has 0 fully saturated rings. The summed E-state index contributed by atoms with van der Waals surface area (Å²) in [5.74, 6) is -0.311. The van der Waals surface area contributed by atoms with E-state index in [1.54, 1.807) is 12.1 Å². The molecule has 0 aliphatic rings. The maximum atomic E-state index is 11.4. The van der Waals surface area contributed by atoms with Gasteiger partial charge in [0.15, 0.2) is 5.75 Å². The second-order valence-corrected chi connectivity index (χ2v) is 5.34. The van der Waals surface area contributed by atoms with Gasteiger partial charge in [0.05, 0.1) is 11.9 Å². The van der Waals surface area contributed by atoms with Crippen molar-refractivity contribution in [2.45, 2.75) is 6.92 Å². The minimum atomic E-state index is -3.64. The Labute approximate surface area is 106 Å². The molecule has 7 heteroatoms. The summed E-state index contributed by atoms with van der Waals surface area (Å²) in [5.41, 5.74) is 1.16. The monoisotopic (exact) mass is 273 g/mol. The lowest BCUT2D eigenvalue weighted by atomic mass is 10.2. The van der Waals surface area contributed by atoms with Gasteiger partial charge >= 0.3 is 10.1 Å². The molecule has 1 aromatic rings. The molecule has 0 bridgehead atoms. The van der Waals surface area contributed by atoms with Crippen molar-refractivity contribution >= 4 is 21.7 Å². The van der Waals surface area contributed by atoms with Crippen LogP contribution in [0.15, 0.2) is 18.2 Å². The number of aryl methyl sites for hydroxylation is 1. The predicted molar refractivity (Wildman–Crippen MR) is 67.2 cm³/mol. The first kappa shape index (κ1) is 14.5. The van der Waals surface area contributed by atoms with Crippen LogP contribution < -0.4 is 9.50 Å². The van der Waals surface area contributed by atoms with E-state index in [-0.39, 0.29) is 18.3 Å². The predicted octanol–water partition coefficient (Wildman–Crippen LogP) is 0.918. The van der Waals surface area contributed by atoms with E-state index >= 15 is 0 Å². The summed E-state index contributed by atoms with van der Waals surface area (Å²) in [5, 5.41) is 2.52. The Morgan fingerprint density at radius 1 is 1.39 bits per heavy atom. The van der Waals surface area contributed by atoms with Crippen molar-refractivity contribution in [3.63, 3.8) is 0 Å². The average molecular weight is 273 g/mol. The number of amides is 1. The Balaban J connectivity index is 3.00. The molecule has 0 atom stereocenters. The topological polar surface area (TPSA) is 81.7 Å². The molecule has 0 saturated heterocycles. The van der Waals surface area contributed by atoms with Gasteiger partial charge in [0.25, 0.3) is 0 Å². The summed E-state index contributed by atoms with van der Waals surface area (Å²) in [6.45, 7) is 1.70. The Morgan fingerprint density at radius 3 is 2.61 bits per heavy atom. The highest BCUT2D eigenvalue weighted by atomic mass is 32.2. The molecule has 100 valence electrons. The third-order valence-electron chi connectivity index (χ3n) is 1.93. The first-order valence-corrected chi connectivity index (χ1v) is 6.92. The van der Waals surface area contributed by atoms with E-state index in [9.17, 15) is 13.2 Å². The van der Waals surface area contributed by atoms with Gasteiger partial charge < -0.3 is 14.2 Å². The highest BCUT2D eigenvalue weighted by Crippen LogP contribution is 2.26. The lowest BCUT2D eigenvalue weighted by Gasteiger charge is -2.11. The van der Waals surface area contributed by atoms with Crippen molar-refractivity contribution in [1.29, 1.82) is 0 Å². The smallest absolute Gasteiger partial charge is 0.306 e. The van der Waals surface area contributed by atoms with Crippen molar-refractivity contribution < 1.29 is 22.1 Å². The maximum absolute atomic E-state index is 11.4. The zero-order valence-electron chi connectivity index (χ0n) is 10.4. The first-order chi connectivity index (χ1) is 8.31. The molecule has 1 amide bonds. The molecule has 1 N–H and O–H groups in total. The number of methoxy groups -OCH3 is 1. The fraction of sp³-hybridized carbons (Fsp3) is 0.364. The van der Waals surface area contributed by atoms with Crippen molar-refractivity contribution in [1.82, 2.24) is 0 Å². The lowest BCUT2D eigenvalue weighted by Crippen LogP contribution is -2.18. The van der Waals surface area contributed by atoms with Gasteiger partial charge in [-0.1, -0.05) is 6.07 Å². The number of benzene rings is 1. The van der Waals surface area contributed by atoms with Gasteiger partial charge in [-0.2, -0.15) is 8.42 Å². The molecule has 1 aromatic carbocycles. The van der Waals surface area contributed by atoms with Crippen molar-refractivity contribution in [2.24, 2.45) is 0 Å². The van der Waals surface area contributed by atoms with Crippen molar-refractivity contribution in [3.05, 3.63) is 23.8 Å². The fourth-order valence-corrected chi connectivity index (χ4v) is 1.77. The van der Waals surface area contributed by atoms with Crippen LogP contribution in [0, 0.1) is 6.92 Å². The van der Waals surface area contributed by atoms with Gasteiger partial charge in [0.1, 0.15) is 6.61 Å². The van der Waals surface area contributed by atoms with Crippen molar-refractivity contribution in [3.8, 4) is 5.75 Å². The summed E-state index contributed by atoms with van der Waals surface area (Å²) in [7, 11) is -2.25. The zero-order valence-corrected chi connectivity index (χ0v) is 11.2. The van der Waals surface area contributed by atoms with Gasteiger partial charge in [-0.25, -0.2) is 0 Å². The number of anilines is 1. The van der Waals surface area contributed by atoms with E-state index in [4.69, 9.17) is 4.18 Å². The van der Waals surface area contributed by atoms with Crippen LogP contribution in [0.3, 0.4) is 0 Å². The molecule has 18 heavy (non-hydrogen) atoms. The van der Waals surface area contributed by atoms with E-state index in [1.165, 1.54) is 13.2 Å². The third-order valence-corrected chi connectivity index (χ3v) is 2.41. The average Bonchev–Trinajstić information content (AvgIpc) is 2.20. The van der Waals surface area contributed by atoms with E-state index in [1.807, 2.05) is 6.92 Å². The molecule has 1 rings (SSSR count). The molecular weight excluding hydrogens is 258 g/mol. The van der Waals surface area contributed by atoms with Gasteiger partial charge in [-0.3, -0.25) is 4.79 Å². The van der Waals surface area contributed by atoms with Crippen LogP contribution in [-0.4, -0.2) is 34.3 Å². The second-order valence-electron chi connectivity index (χ2n) is 3.77. The van der Waals surface area contributed by atoms with Gasteiger partial charge in [-0.15, -0.1) is 0 Å². The van der Waals surface area contributed by atoms with Gasteiger partial charge in [-0.05, 0) is 24.6 Å². The van der Waals surface area contributed by atoms with Crippen LogP contribution in [0.1, 0.15) is 5.56 Å². The van der Waals surface area contributed by atoms with Gasteiger partial charge in [0.2, 0.25) is 5.91 Å². The number of rotatable bonds is 5. The SMILES string of the molecule is COCC(=O)Nc1cc(C)ccc1OS(C)(=O)=O. The largest absolute Gasteiger partial charge is 0.380 e. The molecular formula is C11H15NO5S. The Kier molecular flexibility index (Phi) is 4.69. The Morgan fingerprint density at radius 2 is 2.06 bits per heavy atom. The number of nitrogens with one attached hydrogen (secondary N) is 1. The standard InChI is InChI=1S/C11H15NO5S/c1-8-4-5-10(17-18(3,14)15)9(6-8)12-11(13)7-16-2/h4-6H,7H2,1-3H3,(H,12,13). The normalized spacial score (nSPS) is 11.1. The molecule has 0 aromatic heterocycles. The van der Waals surface area contributed by atoms with Crippen LogP contribution in [0.4, 0.5) is 5.69 Å². The highest BCUT2D eigenvalue weighted by molar-refractivity contribution is 7.86. The Hall–Kier alpha value is -1.60. The van der Waals surface area contributed by atoms with E-state index in [0.29, 0.717) is 5.69 Å². The molecule has 0 spiro atoms. The summed E-state index contributed by atoms with van der Waals surface area (Å²) < 4.78 is 31.6. The third kappa shape index (κ3) is 4.72. The molecule has 0 aliphatic carbocycles. The number of hydrogen-bond acceptors (Lipinski definition) is 5.